The van der Waals surface area contributed by atoms with Crippen LogP contribution in [0.1, 0.15) is 5.56 Å². The average Bonchev–Trinajstić information content (AvgIpc) is 2.51. The molecule has 22 heavy (non-hydrogen) atoms. The first-order chi connectivity index (χ1) is 10.6. The molecule has 0 fully saturated rings. The first-order valence-corrected chi connectivity index (χ1v) is 6.57. The van der Waals surface area contributed by atoms with Gasteiger partial charge >= 0.3 is 0 Å². The molecule has 2 aromatic heterocycles. The van der Waals surface area contributed by atoms with Crippen molar-refractivity contribution in [2.24, 2.45) is 10.7 Å². The molecule has 0 unspecified atom stereocenters. The third kappa shape index (κ3) is 4.20. The van der Waals surface area contributed by atoms with Gasteiger partial charge in [-0.25, -0.2) is 9.97 Å². The standard InChI is InChI=1S/C15H18N6O/c1-22-15-3-2-12(9-20-15)19-8-11(7-16)4-10-5-13(17)21-14(18)6-10/h2-3,5-9H,4,16H2,1H3,(H4,17,18,21). The van der Waals surface area contributed by atoms with Gasteiger partial charge in [-0.05, 0) is 35.5 Å². The number of hydrogen-bond donors (Lipinski definition) is 3. The average molecular weight is 298 g/mol. The lowest BCUT2D eigenvalue weighted by atomic mass is 10.1. The quantitative estimate of drug-likeness (QED) is 0.717. The zero-order valence-electron chi connectivity index (χ0n) is 12.2. The molecule has 2 heterocycles. The van der Waals surface area contributed by atoms with Crippen LogP contribution < -0.4 is 21.9 Å². The van der Waals surface area contributed by atoms with Gasteiger partial charge < -0.3 is 21.9 Å². The maximum absolute atomic E-state index is 5.67. The lowest BCUT2D eigenvalue weighted by Gasteiger charge is -2.04. The zero-order chi connectivity index (χ0) is 15.9. The summed E-state index contributed by atoms with van der Waals surface area (Å²) < 4.78 is 4.99. The smallest absolute Gasteiger partial charge is 0.213 e. The van der Waals surface area contributed by atoms with Crippen molar-refractivity contribution in [1.29, 1.82) is 0 Å². The van der Waals surface area contributed by atoms with Crippen LogP contribution in [-0.2, 0) is 6.42 Å². The van der Waals surface area contributed by atoms with Crippen LogP contribution in [0.15, 0.2) is 47.2 Å². The molecule has 0 atom stereocenters. The van der Waals surface area contributed by atoms with E-state index in [1.54, 1.807) is 43.8 Å². The molecule has 2 aromatic rings. The van der Waals surface area contributed by atoms with Crippen LogP contribution in [0.5, 0.6) is 5.88 Å². The van der Waals surface area contributed by atoms with Gasteiger partial charge in [-0.1, -0.05) is 0 Å². The summed E-state index contributed by atoms with van der Waals surface area (Å²) in [4.78, 5) is 12.3. The number of aromatic nitrogens is 2. The van der Waals surface area contributed by atoms with Crippen molar-refractivity contribution in [1.82, 2.24) is 9.97 Å². The summed E-state index contributed by atoms with van der Waals surface area (Å²) >= 11 is 0. The minimum atomic E-state index is 0.377. The van der Waals surface area contributed by atoms with Gasteiger partial charge in [0.1, 0.15) is 11.6 Å². The predicted octanol–water partition coefficient (Wildman–Crippen LogP) is 1.44. The maximum Gasteiger partial charge on any atom is 0.213 e. The fraction of sp³-hybridized carbons (Fsp3) is 0.133. The molecule has 0 aliphatic carbocycles. The Morgan fingerprint density at radius 3 is 2.55 bits per heavy atom. The summed E-state index contributed by atoms with van der Waals surface area (Å²) in [6.07, 6.45) is 5.34. The van der Waals surface area contributed by atoms with Crippen molar-refractivity contribution < 1.29 is 4.74 Å². The number of allylic oxidation sites excluding steroid dienone is 1. The van der Waals surface area contributed by atoms with Crippen LogP contribution in [0.25, 0.3) is 0 Å². The van der Waals surface area contributed by atoms with Gasteiger partial charge in [0.2, 0.25) is 5.88 Å². The van der Waals surface area contributed by atoms with Gasteiger partial charge in [0.15, 0.2) is 0 Å². The molecule has 0 saturated carbocycles. The molecule has 0 bridgehead atoms. The molecule has 0 aliphatic rings. The van der Waals surface area contributed by atoms with Crippen molar-refractivity contribution in [2.75, 3.05) is 18.6 Å². The van der Waals surface area contributed by atoms with E-state index in [0.717, 1.165) is 11.1 Å². The van der Waals surface area contributed by atoms with E-state index in [1.165, 1.54) is 6.20 Å². The number of ether oxygens (including phenoxy) is 1. The van der Waals surface area contributed by atoms with Crippen LogP contribution in [0.3, 0.4) is 0 Å². The van der Waals surface area contributed by atoms with E-state index >= 15 is 0 Å². The molecule has 7 nitrogen and oxygen atoms in total. The second-order valence-electron chi connectivity index (χ2n) is 4.56. The molecule has 114 valence electrons. The Morgan fingerprint density at radius 2 is 2.00 bits per heavy atom. The Bertz CT molecular complexity index is 673. The molecular weight excluding hydrogens is 280 g/mol. The Hall–Kier alpha value is -3.09. The van der Waals surface area contributed by atoms with Crippen molar-refractivity contribution in [3.05, 3.63) is 47.8 Å². The number of nitrogens with two attached hydrogens (primary N) is 3. The van der Waals surface area contributed by atoms with E-state index in [0.29, 0.717) is 29.6 Å². The summed E-state index contributed by atoms with van der Waals surface area (Å²) in [6.45, 7) is 0. The minimum Gasteiger partial charge on any atom is -0.481 e. The monoisotopic (exact) mass is 298 g/mol. The molecule has 0 radical (unpaired) electrons. The fourth-order valence-electron chi connectivity index (χ4n) is 1.85. The third-order valence-corrected chi connectivity index (χ3v) is 2.86. The van der Waals surface area contributed by atoms with Crippen molar-refractivity contribution in [3.8, 4) is 5.88 Å². The van der Waals surface area contributed by atoms with Crippen LogP contribution in [0.2, 0.25) is 0 Å². The highest BCUT2D eigenvalue weighted by molar-refractivity contribution is 5.81. The molecule has 0 saturated heterocycles. The minimum absolute atomic E-state index is 0.377. The summed E-state index contributed by atoms with van der Waals surface area (Å²) in [5.74, 6) is 1.29. The number of pyridine rings is 2. The number of rotatable bonds is 5. The Balaban J connectivity index is 2.09. The van der Waals surface area contributed by atoms with Gasteiger partial charge in [0.05, 0.1) is 19.0 Å². The Morgan fingerprint density at radius 1 is 1.27 bits per heavy atom. The molecule has 2 rings (SSSR count). The first kappa shape index (κ1) is 15.3. The number of methoxy groups -OCH3 is 1. The predicted molar refractivity (Wildman–Crippen MR) is 88.0 cm³/mol. The summed E-state index contributed by atoms with van der Waals surface area (Å²) in [6, 6.07) is 7.05. The third-order valence-electron chi connectivity index (χ3n) is 2.86. The van der Waals surface area contributed by atoms with Crippen molar-refractivity contribution in [2.45, 2.75) is 6.42 Å². The van der Waals surface area contributed by atoms with Crippen LogP contribution in [0, 0.1) is 0 Å². The summed E-state index contributed by atoms with van der Waals surface area (Å²) in [5, 5.41) is 0. The highest BCUT2D eigenvalue weighted by Crippen LogP contribution is 2.16. The van der Waals surface area contributed by atoms with Crippen LogP contribution >= 0.6 is 0 Å². The van der Waals surface area contributed by atoms with E-state index in [1.807, 2.05) is 0 Å². The maximum atomic E-state index is 5.67. The number of anilines is 2. The largest absolute Gasteiger partial charge is 0.481 e. The number of nitrogen functional groups attached to an aromatic ring is 2. The normalized spacial score (nSPS) is 11.8. The van der Waals surface area contributed by atoms with Gasteiger partial charge in [0, 0.05) is 18.7 Å². The second kappa shape index (κ2) is 7.07. The number of aliphatic imine (C=N–C) groups is 1. The first-order valence-electron chi connectivity index (χ1n) is 6.57. The van der Waals surface area contributed by atoms with E-state index in [-0.39, 0.29) is 0 Å². The second-order valence-corrected chi connectivity index (χ2v) is 4.56. The molecule has 6 N–H and O–H groups in total. The Kier molecular flexibility index (Phi) is 4.92. The highest BCUT2D eigenvalue weighted by atomic mass is 16.5. The molecule has 7 heteroatoms. The lowest BCUT2D eigenvalue weighted by Crippen LogP contribution is -2.01. The lowest BCUT2D eigenvalue weighted by molar-refractivity contribution is 0.398. The molecule has 0 aromatic carbocycles. The van der Waals surface area contributed by atoms with Gasteiger partial charge in [-0.15, -0.1) is 0 Å². The molecule has 0 amide bonds. The number of hydrogen-bond acceptors (Lipinski definition) is 7. The topological polar surface area (TPSA) is 125 Å². The number of nitrogens with zero attached hydrogens (tertiary/aromatic N) is 3. The van der Waals surface area contributed by atoms with Crippen molar-refractivity contribution >= 4 is 23.5 Å². The van der Waals surface area contributed by atoms with E-state index in [4.69, 9.17) is 21.9 Å². The highest BCUT2D eigenvalue weighted by Gasteiger charge is 2.01. The fourth-order valence-corrected chi connectivity index (χ4v) is 1.85. The zero-order valence-corrected chi connectivity index (χ0v) is 12.2. The van der Waals surface area contributed by atoms with Crippen molar-refractivity contribution in [3.63, 3.8) is 0 Å². The molecular formula is C15H18N6O. The SMILES string of the molecule is COc1ccc(N=CC(=CN)Cc2cc(N)nc(N)c2)cn1. The molecule has 0 spiro atoms. The van der Waals surface area contributed by atoms with E-state index < -0.39 is 0 Å². The summed E-state index contributed by atoms with van der Waals surface area (Å²) in [7, 11) is 1.56. The van der Waals surface area contributed by atoms with Gasteiger partial charge in [0.25, 0.3) is 0 Å². The van der Waals surface area contributed by atoms with Crippen LogP contribution in [0.4, 0.5) is 17.3 Å². The van der Waals surface area contributed by atoms with Gasteiger partial charge in [-0.3, -0.25) is 4.99 Å². The van der Waals surface area contributed by atoms with E-state index in [2.05, 4.69) is 15.0 Å². The Labute approximate surface area is 128 Å². The summed E-state index contributed by atoms with van der Waals surface area (Å²) in [5.41, 5.74) is 19.4. The van der Waals surface area contributed by atoms with Gasteiger partial charge in [-0.2, -0.15) is 0 Å². The molecule has 0 aliphatic heterocycles. The van der Waals surface area contributed by atoms with Crippen LogP contribution in [-0.4, -0.2) is 23.3 Å². The van der Waals surface area contributed by atoms with E-state index in [9.17, 15) is 0 Å².